The van der Waals surface area contributed by atoms with E-state index in [4.69, 9.17) is 5.26 Å². The van der Waals surface area contributed by atoms with Gasteiger partial charge in [0.15, 0.2) is 0 Å². The van der Waals surface area contributed by atoms with Gasteiger partial charge in [-0.2, -0.15) is 5.26 Å². The van der Waals surface area contributed by atoms with Crippen LogP contribution in [0.4, 0.5) is 16.2 Å². The highest BCUT2D eigenvalue weighted by Crippen LogP contribution is 2.15. The van der Waals surface area contributed by atoms with Crippen LogP contribution < -0.4 is 10.2 Å². The van der Waals surface area contributed by atoms with Gasteiger partial charge < -0.3 is 5.32 Å². The summed E-state index contributed by atoms with van der Waals surface area (Å²) in [4.78, 5) is 13.5. The number of amides is 2. The van der Waals surface area contributed by atoms with Crippen molar-refractivity contribution in [1.29, 1.82) is 5.26 Å². The number of hydrogen-bond donors (Lipinski definition) is 1. The second-order valence-electron chi connectivity index (χ2n) is 4.01. The lowest BCUT2D eigenvalue weighted by Gasteiger charge is -2.18. The van der Waals surface area contributed by atoms with Gasteiger partial charge in [-0.3, -0.25) is 4.90 Å². The van der Waals surface area contributed by atoms with E-state index in [0.29, 0.717) is 5.56 Å². The van der Waals surface area contributed by atoms with Crippen molar-refractivity contribution < 1.29 is 4.79 Å². The third kappa shape index (κ3) is 3.11. The van der Waals surface area contributed by atoms with Gasteiger partial charge in [-0.25, -0.2) is 4.79 Å². The third-order valence-electron chi connectivity index (χ3n) is 2.71. The molecule has 0 radical (unpaired) electrons. The van der Waals surface area contributed by atoms with E-state index in [1.807, 2.05) is 36.4 Å². The minimum atomic E-state index is -0.226. The Morgan fingerprint density at radius 1 is 1.11 bits per heavy atom. The predicted octanol–water partition coefficient (Wildman–Crippen LogP) is 3.23. The fourth-order valence-corrected chi connectivity index (χ4v) is 1.61. The Balaban J connectivity index is 2.08. The maximum absolute atomic E-state index is 12.0. The summed E-state index contributed by atoms with van der Waals surface area (Å²) < 4.78 is 0. The van der Waals surface area contributed by atoms with Crippen molar-refractivity contribution in [3.63, 3.8) is 0 Å². The predicted molar refractivity (Wildman–Crippen MR) is 75.0 cm³/mol. The molecule has 0 aromatic heterocycles. The van der Waals surface area contributed by atoms with Crippen LogP contribution in [0.25, 0.3) is 0 Å². The summed E-state index contributed by atoms with van der Waals surface area (Å²) in [6.45, 7) is 0. The van der Waals surface area contributed by atoms with E-state index >= 15 is 0 Å². The Kier molecular flexibility index (Phi) is 3.79. The largest absolute Gasteiger partial charge is 0.326 e. The molecule has 0 saturated heterocycles. The Bertz CT molecular complexity index is 600. The normalized spacial score (nSPS) is 9.47. The van der Waals surface area contributed by atoms with Gasteiger partial charge in [0.05, 0.1) is 11.6 Å². The molecule has 2 aromatic carbocycles. The molecular formula is C15H13N3O. The number of urea groups is 1. The number of para-hydroxylation sites is 1. The van der Waals surface area contributed by atoms with Crippen LogP contribution in [-0.4, -0.2) is 13.1 Å². The van der Waals surface area contributed by atoms with E-state index in [-0.39, 0.29) is 6.03 Å². The summed E-state index contributed by atoms with van der Waals surface area (Å²) in [5.41, 5.74) is 2.04. The second kappa shape index (κ2) is 5.69. The van der Waals surface area contributed by atoms with Crippen LogP contribution in [0, 0.1) is 11.3 Å². The first-order valence-corrected chi connectivity index (χ1v) is 5.80. The molecule has 0 spiro atoms. The molecule has 19 heavy (non-hydrogen) atoms. The lowest BCUT2D eigenvalue weighted by Crippen LogP contribution is -2.31. The lowest BCUT2D eigenvalue weighted by atomic mass is 10.2. The molecule has 0 heterocycles. The van der Waals surface area contributed by atoms with Crippen LogP contribution in [0.1, 0.15) is 5.56 Å². The van der Waals surface area contributed by atoms with Crippen molar-refractivity contribution in [2.45, 2.75) is 0 Å². The van der Waals surface area contributed by atoms with Crippen LogP contribution in [0.2, 0.25) is 0 Å². The third-order valence-corrected chi connectivity index (χ3v) is 2.71. The molecule has 0 aliphatic heterocycles. The number of nitrogens with zero attached hydrogens (tertiary/aromatic N) is 2. The number of benzene rings is 2. The Morgan fingerprint density at radius 3 is 2.32 bits per heavy atom. The van der Waals surface area contributed by atoms with Crippen LogP contribution in [0.5, 0.6) is 0 Å². The first-order chi connectivity index (χ1) is 9.20. The fraction of sp³-hybridized carbons (Fsp3) is 0.0667. The second-order valence-corrected chi connectivity index (χ2v) is 4.01. The molecule has 0 aliphatic carbocycles. The molecule has 2 amide bonds. The van der Waals surface area contributed by atoms with Gasteiger partial charge in [-0.05, 0) is 36.4 Å². The van der Waals surface area contributed by atoms with E-state index in [0.717, 1.165) is 11.4 Å². The molecule has 0 atom stereocenters. The van der Waals surface area contributed by atoms with Gasteiger partial charge in [0.25, 0.3) is 0 Å². The molecular weight excluding hydrogens is 238 g/mol. The summed E-state index contributed by atoms with van der Waals surface area (Å²) in [7, 11) is 1.68. The van der Waals surface area contributed by atoms with Crippen molar-refractivity contribution in [2.24, 2.45) is 0 Å². The maximum atomic E-state index is 12.0. The zero-order valence-electron chi connectivity index (χ0n) is 10.5. The van der Waals surface area contributed by atoms with Gasteiger partial charge in [0.1, 0.15) is 0 Å². The van der Waals surface area contributed by atoms with Crippen LogP contribution in [0.3, 0.4) is 0 Å². The smallest absolute Gasteiger partial charge is 0.308 e. The van der Waals surface area contributed by atoms with Gasteiger partial charge in [0, 0.05) is 18.4 Å². The van der Waals surface area contributed by atoms with Gasteiger partial charge >= 0.3 is 6.03 Å². The van der Waals surface area contributed by atoms with Crippen LogP contribution in [0.15, 0.2) is 54.6 Å². The van der Waals surface area contributed by atoms with Gasteiger partial charge in [-0.15, -0.1) is 0 Å². The standard InChI is InChI=1S/C15H13N3O/c1-18(14-9-7-12(11-16)8-10-14)15(19)17-13-5-3-2-4-6-13/h2-10H,1H3,(H,17,19). The van der Waals surface area contributed by atoms with E-state index in [1.54, 1.807) is 31.3 Å². The van der Waals surface area contributed by atoms with Gasteiger partial charge in [-0.1, -0.05) is 18.2 Å². The molecule has 2 rings (SSSR count). The summed E-state index contributed by atoms with van der Waals surface area (Å²) in [5, 5.41) is 11.5. The van der Waals surface area contributed by atoms with Crippen molar-refractivity contribution in [3.05, 3.63) is 60.2 Å². The fourth-order valence-electron chi connectivity index (χ4n) is 1.61. The zero-order valence-corrected chi connectivity index (χ0v) is 10.5. The molecule has 2 aromatic rings. The van der Waals surface area contributed by atoms with Crippen molar-refractivity contribution >= 4 is 17.4 Å². The number of carbonyl (C=O) groups is 1. The van der Waals surface area contributed by atoms with Gasteiger partial charge in [0.2, 0.25) is 0 Å². The van der Waals surface area contributed by atoms with E-state index < -0.39 is 0 Å². The minimum absolute atomic E-state index is 0.226. The number of hydrogen-bond acceptors (Lipinski definition) is 2. The monoisotopic (exact) mass is 251 g/mol. The van der Waals surface area contributed by atoms with Crippen molar-refractivity contribution in [1.82, 2.24) is 0 Å². The topological polar surface area (TPSA) is 56.1 Å². The van der Waals surface area contributed by atoms with E-state index in [9.17, 15) is 4.79 Å². The van der Waals surface area contributed by atoms with Crippen molar-refractivity contribution in [2.75, 3.05) is 17.3 Å². The number of anilines is 2. The number of nitrogens with one attached hydrogen (secondary N) is 1. The first-order valence-electron chi connectivity index (χ1n) is 5.80. The highest BCUT2D eigenvalue weighted by atomic mass is 16.2. The average Bonchev–Trinajstić information content (AvgIpc) is 2.47. The SMILES string of the molecule is CN(C(=O)Nc1ccccc1)c1ccc(C#N)cc1. The Morgan fingerprint density at radius 2 is 1.74 bits per heavy atom. The number of rotatable bonds is 2. The number of carbonyl (C=O) groups excluding carboxylic acids is 1. The minimum Gasteiger partial charge on any atom is -0.308 e. The lowest BCUT2D eigenvalue weighted by molar-refractivity contribution is 0.258. The molecule has 0 unspecified atom stereocenters. The average molecular weight is 251 g/mol. The molecule has 0 bridgehead atoms. The first kappa shape index (κ1) is 12.7. The van der Waals surface area contributed by atoms with E-state index in [2.05, 4.69) is 5.32 Å². The molecule has 0 saturated carbocycles. The molecule has 4 nitrogen and oxygen atoms in total. The highest BCUT2D eigenvalue weighted by molar-refractivity contribution is 6.01. The molecule has 1 N–H and O–H groups in total. The van der Waals surface area contributed by atoms with E-state index in [1.165, 1.54) is 4.90 Å². The quantitative estimate of drug-likeness (QED) is 0.890. The number of nitriles is 1. The molecule has 0 fully saturated rings. The summed E-state index contributed by atoms with van der Waals surface area (Å²) >= 11 is 0. The summed E-state index contributed by atoms with van der Waals surface area (Å²) in [6.07, 6.45) is 0. The molecule has 0 aliphatic rings. The molecule has 4 heteroatoms. The molecule has 94 valence electrons. The van der Waals surface area contributed by atoms with Crippen LogP contribution >= 0.6 is 0 Å². The van der Waals surface area contributed by atoms with Crippen LogP contribution in [-0.2, 0) is 0 Å². The summed E-state index contributed by atoms with van der Waals surface area (Å²) in [5.74, 6) is 0. The Hall–Kier alpha value is -2.80. The highest BCUT2D eigenvalue weighted by Gasteiger charge is 2.10. The Labute approximate surface area is 111 Å². The maximum Gasteiger partial charge on any atom is 0.326 e. The summed E-state index contributed by atoms with van der Waals surface area (Å²) in [6, 6.07) is 17.9. The van der Waals surface area contributed by atoms with Crippen molar-refractivity contribution in [3.8, 4) is 6.07 Å². The zero-order chi connectivity index (χ0) is 13.7.